The number of aromatic hydroxyl groups is 1. The average molecular weight is 689 g/mol. The van der Waals surface area contributed by atoms with Gasteiger partial charge in [-0.05, 0) is 93.7 Å². The number of nitrogens with two attached hydrogens (primary N) is 1. The van der Waals surface area contributed by atoms with E-state index in [4.69, 9.17) is 10.5 Å². The maximum absolute atomic E-state index is 14.1. The molecule has 0 radical (unpaired) electrons. The normalized spacial score (nSPS) is 25.6. The van der Waals surface area contributed by atoms with Crippen molar-refractivity contribution in [1.29, 1.82) is 0 Å². The highest BCUT2D eigenvalue weighted by atomic mass is 16.5. The van der Waals surface area contributed by atoms with E-state index in [1.54, 1.807) is 44.4 Å². The van der Waals surface area contributed by atoms with Gasteiger partial charge in [-0.1, -0.05) is 18.2 Å². The van der Waals surface area contributed by atoms with Crippen molar-refractivity contribution < 1.29 is 49.1 Å². The lowest BCUT2D eigenvalue weighted by molar-refractivity contribution is -0.153. The number of nitrogens with one attached hydrogen (secondary N) is 1. The zero-order valence-corrected chi connectivity index (χ0v) is 27.9. The van der Waals surface area contributed by atoms with E-state index in [9.17, 15) is 44.4 Å². The lowest BCUT2D eigenvalue weighted by atomic mass is 9.57. The van der Waals surface area contributed by atoms with Crippen LogP contribution in [-0.2, 0) is 35.1 Å². The Bertz CT molecular complexity index is 1860. The number of ether oxygens (including phenoxy) is 1. The number of rotatable bonds is 7. The van der Waals surface area contributed by atoms with Crippen LogP contribution in [0.15, 0.2) is 53.3 Å². The van der Waals surface area contributed by atoms with E-state index in [0.29, 0.717) is 48.3 Å². The van der Waals surface area contributed by atoms with Gasteiger partial charge in [-0.3, -0.25) is 33.8 Å². The van der Waals surface area contributed by atoms with Crippen molar-refractivity contribution in [1.82, 2.24) is 9.80 Å². The summed E-state index contributed by atoms with van der Waals surface area (Å²) in [4.78, 5) is 67.7. The minimum Gasteiger partial charge on any atom is -0.508 e. The number of aliphatic hydroxyl groups is 3. The first kappa shape index (κ1) is 34.8. The molecule has 1 unspecified atom stereocenters. The Hall–Kier alpha value is -5.05. The van der Waals surface area contributed by atoms with Gasteiger partial charge >= 0.3 is 5.97 Å². The average Bonchev–Trinajstić information content (AvgIpc) is 3.06. The largest absolute Gasteiger partial charge is 0.508 e. The SMILES string of the molecule is COC(=O)C1CCN(CC(=O)Nc2ccc(-c3ccc(O)c4c3C[C@H]3C[C@H]5C(N(C)C)C(=O)C(C(N)=O)=C(O)[C@@]5(O)C(=O)C3=C4O)cc2)CC1. The van der Waals surface area contributed by atoms with Crippen molar-refractivity contribution in [3.05, 3.63) is 64.4 Å². The minimum atomic E-state index is -2.71. The number of amides is 2. The van der Waals surface area contributed by atoms with Crippen molar-refractivity contribution in [3.63, 3.8) is 0 Å². The summed E-state index contributed by atoms with van der Waals surface area (Å²) in [6.07, 6.45) is 1.37. The van der Waals surface area contributed by atoms with Crippen molar-refractivity contribution in [2.75, 3.05) is 46.2 Å². The zero-order chi connectivity index (χ0) is 36.2. The molecule has 7 N–H and O–H groups in total. The van der Waals surface area contributed by atoms with Gasteiger partial charge in [-0.25, -0.2) is 0 Å². The number of benzene rings is 2. The molecular formula is C36H40N4O10. The van der Waals surface area contributed by atoms with Crippen LogP contribution in [0.5, 0.6) is 5.75 Å². The topological polar surface area (TPSA) is 220 Å². The first-order chi connectivity index (χ1) is 23.7. The van der Waals surface area contributed by atoms with Gasteiger partial charge in [-0.15, -0.1) is 0 Å². The highest BCUT2D eigenvalue weighted by Crippen LogP contribution is 2.53. The number of carbonyl (C=O) groups is 5. The number of carbonyl (C=O) groups excluding carboxylic acids is 5. The summed E-state index contributed by atoms with van der Waals surface area (Å²) >= 11 is 0. The van der Waals surface area contributed by atoms with E-state index in [-0.39, 0.29) is 54.1 Å². The number of piperidine rings is 1. The number of ketones is 2. The number of primary amides is 1. The number of aliphatic hydroxyl groups excluding tert-OH is 2. The van der Waals surface area contributed by atoms with Crippen LogP contribution in [-0.4, -0.2) is 112 Å². The maximum atomic E-state index is 14.1. The molecule has 264 valence electrons. The van der Waals surface area contributed by atoms with Gasteiger partial charge < -0.3 is 36.2 Å². The molecule has 1 heterocycles. The summed E-state index contributed by atoms with van der Waals surface area (Å²) in [6, 6.07) is 8.89. The second-order valence-electron chi connectivity index (χ2n) is 13.6. The third-order valence-corrected chi connectivity index (χ3v) is 10.6. The van der Waals surface area contributed by atoms with E-state index in [2.05, 4.69) is 5.32 Å². The summed E-state index contributed by atoms with van der Waals surface area (Å²) in [7, 11) is 4.46. The molecule has 2 fully saturated rings. The van der Waals surface area contributed by atoms with Gasteiger partial charge in [0, 0.05) is 17.2 Å². The monoisotopic (exact) mass is 688 g/mol. The molecule has 14 nitrogen and oxygen atoms in total. The second kappa shape index (κ2) is 13.0. The molecule has 2 aromatic carbocycles. The van der Waals surface area contributed by atoms with Crippen molar-refractivity contribution in [3.8, 4) is 16.9 Å². The van der Waals surface area contributed by atoms with Gasteiger partial charge in [0.25, 0.3) is 5.91 Å². The molecule has 1 saturated carbocycles. The number of methoxy groups -OCH3 is 1. The molecule has 1 saturated heterocycles. The van der Waals surface area contributed by atoms with E-state index >= 15 is 0 Å². The van der Waals surface area contributed by atoms with E-state index in [0.717, 1.165) is 0 Å². The van der Waals surface area contributed by atoms with Crippen LogP contribution in [0.1, 0.15) is 30.4 Å². The molecule has 0 spiro atoms. The molecule has 0 aromatic heterocycles. The van der Waals surface area contributed by atoms with E-state index in [1.165, 1.54) is 18.1 Å². The molecule has 2 aromatic rings. The van der Waals surface area contributed by atoms with Gasteiger partial charge in [0.15, 0.2) is 11.4 Å². The summed E-state index contributed by atoms with van der Waals surface area (Å²) in [6.45, 7) is 1.38. The van der Waals surface area contributed by atoms with Gasteiger partial charge in [-0.2, -0.15) is 0 Å². The Morgan fingerprint density at radius 1 is 1.04 bits per heavy atom. The number of esters is 1. The van der Waals surface area contributed by atoms with Crippen molar-refractivity contribution in [2.24, 2.45) is 23.5 Å². The van der Waals surface area contributed by atoms with Gasteiger partial charge in [0.05, 0.1) is 31.2 Å². The van der Waals surface area contributed by atoms with E-state index in [1.807, 2.05) is 4.90 Å². The van der Waals surface area contributed by atoms with Crippen LogP contribution in [0.25, 0.3) is 16.9 Å². The lowest BCUT2D eigenvalue weighted by Gasteiger charge is -2.50. The Balaban J connectivity index is 1.27. The number of fused-ring (bicyclic) bond motifs is 3. The Morgan fingerprint density at radius 2 is 1.70 bits per heavy atom. The fourth-order valence-corrected chi connectivity index (χ4v) is 8.14. The number of likely N-dealkylation sites (N-methyl/N-ethyl adjacent to an activating group) is 1. The van der Waals surface area contributed by atoms with E-state index < -0.39 is 58.0 Å². The molecular weight excluding hydrogens is 648 g/mol. The summed E-state index contributed by atoms with van der Waals surface area (Å²) in [5, 5.41) is 48.2. The third-order valence-electron chi connectivity index (χ3n) is 10.6. The molecule has 0 bridgehead atoms. The van der Waals surface area contributed by atoms with Crippen LogP contribution < -0.4 is 11.1 Å². The highest BCUT2D eigenvalue weighted by molar-refractivity contribution is 6.24. The Labute approximate surface area is 287 Å². The van der Waals surface area contributed by atoms with Crippen LogP contribution in [0, 0.1) is 17.8 Å². The maximum Gasteiger partial charge on any atom is 0.308 e. The predicted molar refractivity (Wildman–Crippen MR) is 179 cm³/mol. The number of hydrogen-bond acceptors (Lipinski definition) is 12. The first-order valence-electron chi connectivity index (χ1n) is 16.4. The Morgan fingerprint density at radius 3 is 2.30 bits per heavy atom. The molecule has 1 aliphatic heterocycles. The van der Waals surface area contributed by atoms with Gasteiger partial charge in [0.1, 0.15) is 22.8 Å². The lowest BCUT2D eigenvalue weighted by Crippen LogP contribution is -2.65. The molecule has 2 amide bonds. The summed E-state index contributed by atoms with van der Waals surface area (Å²) in [5.74, 6) is -7.68. The number of Topliss-reactive ketones (excluding diaryl/α,β-unsaturated/α-hetero) is 2. The summed E-state index contributed by atoms with van der Waals surface area (Å²) in [5.41, 5.74) is 4.01. The number of anilines is 1. The molecule has 6 rings (SSSR count). The Kier molecular flexibility index (Phi) is 9.05. The van der Waals surface area contributed by atoms with Crippen LogP contribution in [0.3, 0.4) is 0 Å². The third kappa shape index (κ3) is 5.62. The summed E-state index contributed by atoms with van der Waals surface area (Å²) < 4.78 is 4.83. The number of nitrogens with zero attached hydrogens (tertiary/aromatic N) is 2. The number of likely N-dealkylation sites (tertiary alicyclic amines) is 1. The second-order valence-corrected chi connectivity index (χ2v) is 13.6. The number of phenolic OH excluding ortho intramolecular Hbond substituents is 1. The molecule has 3 aliphatic carbocycles. The predicted octanol–water partition coefficient (Wildman–Crippen LogP) is 1.45. The van der Waals surface area contributed by atoms with Crippen LogP contribution in [0.4, 0.5) is 5.69 Å². The highest BCUT2D eigenvalue weighted by Gasteiger charge is 2.64. The van der Waals surface area contributed by atoms with Crippen molar-refractivity contribution in [2.45, 2.75) is 37.3 Å². The standard InChI is InChI=1S/C36H40N4O10/c1-39(2)29-23-15-19-14-22-21(17-4-6-20(7-5-17)38-25(42)16-40-12-10-18(11-13-40)35(48)50-3)8-9-24(41)27(22)30(43)26(19)32(45)36(23,49)33(46)28(31(29)44)34(37)47/h4-9,18-19,23,29,41,43,46,49H,10-16H2,1-3H3,(H2,37,47)(H,38,42)/t19-,23-,29?,36-/m0/s1. The molecule has 50 heavy (non-hydrogen) atoms. The fourth-order valence-electron chi connectivity index (χ4n) is 8.14. The van der Waals surface area contributed by atoms with Crippen LogP contribution >= 0.6 is 0 Å². The van der Waals surface area contributed by atoms with Crippen molar-refractivity contribution >= 4 is 40.8 Å². The number of hydrogen-bond donors (Lipinski definition) is 6. The molecule has 4 atom stereocenters. The minimum absolute atomic E-state index is 0.00728. The zero-order valence-electron chi connectivity index (χ0n) is 27.9. The van der Waals surface area contributed by atoms with Crippen LogP contribution in [0.2, 0.25) is 0 Å². The van der Waals surface area contributed by atoms with Gasteiger partial charge in [0.2, 0.25) is 11.7 Å². The fraction of sp³-hybridized carbons (Fsp3) is 0.417. The first-order valence-corrected chi connectivity index (χ1v) is 16.4. The molecule has 14 heteroatoms. The smallest absolute Gasteiger partial charge is 0.308 e. The molecule has 4 aliphatic rings. The quantitative estimate of drug-likeness (QED) is 0.180. The number of phenols is 1.